The molecule has 3 nitrogen and oxygen atoms in total. The SMILES string of the molecule is COc1ccc(C2CCCCCC2N)c(OC)c1. The van der Waals surface area contributed by atoms with Gasteiger partial charge in [-0.3, -0.25) is 0 Å². The molecule has 1 fully saturated rings. The average molecular weight is 249 g/mol. The summed E-state index contributed by atoms with van der Waals surface area (Å²) >= 11 is 0. The summed E-state index contributed by atoms with van der Waals surface area (Å²) in [5.41, 5.74) is 7.55. The molecule has 1 aromatic rings. The van der Waals surface area contributed by atoms with Gasteiger partial charge in [0.15, 0.2) is 0 Å². The van der Waals surface area contributed by atoms with Crippen LogP contribution in [0.1, 0.15) is 43.6 Å². The topological polar surface area (TPSA) is 44.5 Å². The molecule has 2 unspecified atom stereocenters. The summed E-state index contributed by atoms with van der Waals surface area (Å²) in [6.45, 7) is 0. The fraction of sp³-hybridized carbons (Fsp3) is 0.600. The van der Waals surface area contributed by atoms with E-state index in [2.05, 4.69) is 6.07 Å². The van der Waals surface area contributed by atoms with Crippen molar-refractivity contribution in [3.05, 3.63) is 23.8 Å². The number of ether oxygens (including phenoxy) is 2. The van der Waals surface area contributed by atoms with Gasteiger partial charge in [0.25, 0.3) is 0 Å². The molecule has 1 aliphatic rings. The highest BCUT2D eigenvalue weighted by atomic mass is 16.5. The molecular weight excluding hydrogens is 226 g/mol. The first kappa shape index (κ1) is 13.2. The lowest BCUT2D eigenvalue weighted by Gasteiger charge is -2.24. The average Bonchev–Trinajstić information content (AvgIpc) is 2.62. The Bertz CT molecular complexity index is 392. The van der Waals surface area contributed by atoms with Crippen LogP contribution < -0.4 is 15.2 Å². The Morgan fingerprint density at radius 1 is 1.06 bits per heavy atom. The van der Waals surface area contributed by atoms with Crippen molar-refractivity contribution in [3.63, 3.8) is 0 Å². The maximum atomic E-state index is 6.32. The molecule has 2 N–H and O–H groups in total. The van der Waals surface area contributed by atoms with E-state index in [1.165, 1.54) is 24.8 Å². The highest BCUT2D eigenvalue weighted by Crippen LogP contribution is 2.37. The molecule has 0 amide bonds. The Labute approximate surface area is 109 Å². The van der Waals surface area contributed by atoms with Gasteiger partial charge in [-0.1, -0.05) is 25.3 Å². The van der Waals surface area contributed by atoms with Crippen molar-refractivity contribution in [1.29, 1.82) is 0 Å². The van der Waals surface area contributed by atoms with E-state index in [4.69, 9.17) is 15.2 Å². The summed E-state index contributed by atoms with van der Waals surface area (Å²) in [5, 5.41) is 0. The second kappa shape index (κ2) is 6.10. The molecule has 0 aliphatic heterocycles. The molecule has 0 spiro atoms. The first-order valence-corrected chi connectivity index (χ1v) is 6.73. The lowest BCUT2D eigenvalue weighted by atomic mass is 9.87. The van der Waals surface area contributed by atoms with Crippen LogP contribution in [0.3, 0.4) is 0 Å². The van der Waals surface area contributed by atoms with E-state index in [1.807, 2.05) is 12.1 Å². The molecule has 0 saturated heterocycles. The van der Waals surface area contributed by atoms with Gasteiger partial charge in [0.2, 0.25) is 0 Å². The van der Waals surface area contributed by atoms with Crippen molar-refractivity contribution < 1.29 is 9.47 Å². The van der Waals surface area contributed by atoms with E-state index in [0.717, 1.165) is 24.3 Å². The van der Waals surface area contributed by atoms with Gasteiger partial charge in [0, 0.05) is 18.0 Å². The lowest BCUT2D eigenvalue weighted by molar-refractivity contribution is 0.382. The van der Waals surface area contributed by atoms with Gasteiger partial charge in [-0.25, -0.2) is 0 Å². The van der Waals surface area contributed by atoms with E-state index in [1.54, 1.807) is 14.2 Å². The number of nitrogens with two attached hydrogens (primary N) is 1. The molecule has 3 heteroatoms. The van der Waals surface area contributed by atoms with Crippen molar-refractivity contribution in [2.24, 2.45) is 5.73 Å². The van der Waals surface area contributed by atoms with Crippen LogP contribution >= 0.6 is 0 Å². The van der Waals surface area contributed by atoms with Crippen LogP contribution in [0.25, 0.3) is 0 Å². The highest BCUT2D eigenvalue weighted by molar-refractivity contribution is 5.43. The largest absolute Gasteiger partial charge is 0.497 e. The second-order valence-corrected chi connectivity index (χ2v) is 5.02. The summed E-state index contributed by atoms with van der Waals surface area (Å²) in [4.78, 5) is 0. The molecule has 1 aliphatic carbocycles. The van der Waals surface area contributed by atoms with E-state index in [9.17, 15) is 0 Å². The minimum Gasteiger partial charge on any atom is -0.497 e. The second-order valence-electron chi connectivity index (χ2n) is 5.02. The third-order valence-electron chi connectivity index (χ3n) is 3.91. The number of hydrogen-bond acceptors (Lipinski definition) is 3. The van der Waals surface area contributed by atoms with Crippen LogP contribution in [-0.2, 0) is 0 Å². The zero-order valence-electron chi connectivity index (χ0n) is 11.3. The van der Waals surface area contributed by atoms with Crippen LogP contribution in [-0.4, -0.2) is 20.3 Å². The molecular formula is C15H23NO2. The zero-order valence-corrected chi connectivity index (χ0v) is 11.3. The van der Waals surface area contributed by atoms with Crippen LogP contribution in [0, 0.1) is 0 Å². The summed E-state index contributed by atoms with van der Waals surface area (Å²) < 4.78 is 10.7. The van der Waals surface area contributed by atoms with Crippen molar-refractivity contribution >= 4 is 0 Å². The normalized spacial score (nSPS) is 24.4. The van der Waals surface area contributed by atoms with Crippen LogP contribution in [0.2, 0.25) is 0 Å². The maximum absolute atomic E-state index is 6.32. The Hall–Kier alpha value is -1.22. The van der Waals surface area contributed by atoms with Gasteiger partial charge in [-0.15, -0.1) is 0 Å². The number of rotatable bonds is 3. The minimum absolute atomic E-state index is 0.245. The van der Waals surface area contributed by atoms with Crippen molar-refractivity contribution in [2.75, 3.05) is 14.2 Å². The van der Waals surface area contributed by atoms with Crippen LogP contribution in [0.4, 0.5) is 0 Å². The van der Waals surface area contributed by atoms with Crippen LogP contribution in [0.5, 0.6) is 11.5 Å². The fourth-order valence-corrected chi connectivity index (χ4v) is 2.85. The Balaban J connectivity index is 2.30. The monoisotopic (exact) mass is 249 g/mol. The number of methoxy groups -OCH3 is 2. The first-order valence-electron chi connectivity index (χ1n) is 6.73. The van der Waals surface area contributed by atoms with Gasteiger partial charge < -0.3 is 15.2 Å². The summed E-state index contributed by atoms with van der Waals surface area (Å²) in [6.07, 6.45) is 6.07. The molecule has 1 saturated carbocycles. The Kier molecular flexibility index (Phi) is 4.48. The van der Waals surface area contributed by atoms with Gasteiger partial charge in [-0.2, -0.15) is 0 Å². The van der Waals surface area contributed by atoms with Crippen molar-refractivity contribution in [2.45, 2.75) is 44.1 Å². The molecule has 0 radical (unpaired) electrons. The molecule has 100 valence electrons. The smallest absolute Gasteiger partial charge is 0.126 e. The van der Waals surface area contributed by atoms with Gasteiger partial charge in [-0.05, 0) is 24.5 Å². The third kappa shape index (κ3) is 2.78. The highest BCUT2D eigenvalue weighted by Gasteiger charge is 2.24. The van der Waals surface area contributed by atoms with E-state index in [-0.39, 0.29) is 6.04 Å². The fourth-order valence-electron chi connectivity index (χ4n) is 2.85. The molecule has 2 rings (SSSR count). The molecule has 0 aromatic heterocycles. The van der Waals surface area contributed by atoms with Gasteiger partial charge in [0.05, 0.1) is 14.2 Å². The van der Waals surface area contributed by atoms with E-state index in [0.29, 0.717) is 5.92 Å². The van der Waals surface area contributed by atoms with Crippen molar-refractivity contribution in [1.82, 2.24) is 0 Å². The van der Waals surface area contributed by atoms with E-state index < -0.39 is 0 Å². The standard InChI is InChI=1S/C15H23NO2/c1-17-11-8-9-13(15(10-11)18-2)12-6-4-3-5-7-14(12)16/h8-10,12,14H,3-7,16H2,1-2H3. The van der Waals surface area contributed by atoms with Gasteiger partial charge >= 0.3 is 0 Å². The molecule has 0 bridgehead atoms. The summed E-state index contributed by atoms with van der Waals surface area (Å²) in [6, 6.07) is 6.30. The summed E-state index contributed by atoms with van der Waals surface area (Å²) in [7, 11) is 3.38. The Morgan fingerprint density at radius 2 is 1.83 bits per heavy atom. The zero-order chi connectivity index (χ0) is 13.0. The van der Waals surface area contributed by atoms with E-state index >= 15 is 0 Å². The maximum Gasteiger partial charge on any atom is 0.126 e. The lowest BCUT2D eigenvalue weighted by Crippen LogP contribution is -2.27. The van der Waals surface area contributed by atoms with Crippen molar-refractivity contribution in [3.8, 4) is 11.5 Å². The molecule has 2 atom stereocenters. The number of benzene rings is 1. The first-order chi connectivity index (χ1) is 8.76. The predicted molar refractivity (Wildman–Crippen MR) is 73.3 cm³/mol. The predicted octanol–water partition coefficient (Wildman–Crippen LogP) is 3.08. The van der Waals surface area contributed by atoms with Gasteiger partial charge in [0.1, 0.15) is 11.5 Å². The quantitative estimate of drug-likeness (QED) is 0.837. The van der Waals surface area contributed by atoms with Crippen LogP contribution in [0.15, 0.2) is 18.2 Å². The molecule has 0 heterocycles. The molecule has 1 aromatic carbocycles. The third-order valence-corrected chi connectivity index (χ3v) is 3.91. The molecule has 18 heavy (non-hydrogen) atoms. The Morgan fingerprint density at radius 3 is 2.56 bits per heavy atom. The number of hydrogen-bond donors (Lipinski definition) is 1. The summed E-state index contributed by atoms with van der Waals surface area (Å²) in [5.74, 6) is 2.14. The minimum atomic E-state index is 0.245.